The Hall–Kier alpha value is -1.14. The van der Waals surface area contributed by atoms with E-state index < -0.39 is 17.9 Å². The zero-order valence-corrected chi connectivity index (χ0v) is 7.32. The second-order valence-electron chi connectivity index (χ2n) is 2.57. The maximum Gasteiger partial charge on any atom is 0.326 e. The van der Waals surface area contributed by atoms with Crippen molar-refractivity contribution < 1.29 is 24.8 Å². The summed E-state index contributed by atoms with van der Waals surface area (Å²) in [4.78, 5) is 24.8. The standard InChI is InChI=1S/C7H13NO5/c1-5(9)8-6(7(10)11)3-2-4-13-12/h6,12H,2-4H2,1H3,(H,8,9)(H,10,11). The average Bonchev–Trinajstić information content (AvgIpc) is 2.02. The molecule has 0 aliphatic carbocycles. The average molecular weight is 191 g/mol. The fourth-order valence-electron chi connectivity index (χ4n) is 0.855. The van der Waals surface area contributed by atoms with Crippen molar-refractivity contribution in [2.24, 2.45) is 0 Å². The van der Waals surface area contributed by atoms with Crippen LogP contribution in [0.15, 0.2) is 0 Å². The smallest absolute Gasteiger partial charge is 0.326 e. The van der Waals surface area contributed by atoms with Gasteiger partial charge in [0.15, 0.2) is 0 Å². The van der Waals surface area contributed by atoms with Crippen LogP contribution in [0.4, 0.5) is 0 Å². The summed E-state index contributed by atoms with van der Waals surface area (Å²) in [6.07, 6.45) is 0.600. The Morgan fingerprint density at radius 2 is 2.15 bits per heavy atom. The van der Waals surface area contributed by atoms with E-state index in [0.29, 0.717) is 6.42 Å². The summed E-state index contributed by atoms with van der Waals surface area (Å²) < 4.78 is 0. The van der Waals surface area contributed by atoms with E-state index in [1.165, 1.54) is 6.92 Å². The van der Waals surface area contributed by atoms with Gasteiger partial charge in [-0.15, -0.1) is 0 Å². The number of rotatable bonds is 6. The first-order valence-corrected chi connectivity index (χ1v) is 3.84. The lowest BCUT2D eigenvalue weighted by Crippen LogP contribution is -2.39. The van der Waals surface area contributed by atoms with E-state index in [1.54, 1.807) is 0 Å². The molecule has 1 unspecified atom stereocenters. The third-order valence-electron chi connectivity index (χ3n) is 1.40. The number of hydrogen-bond acceptors (Lipinski definition) is 4. The number of carboxylic acids is 1. The molecule has 0 radical (unpaired) electrons. The molecule has 0 spiro atoms. The molecule has 0 bridgehead atoms. The highest BCUT2D eigenvalue weighted by atomic mass is 17.1. The van der Waals surface area contributed by atoms with Crippen LogP contribution in [0.1, 0.15) is 19.8 Å². The van der Waals surface area contributed by atoms with Crippen molar-refractivity contribution in [3.63, 3.8) is 0 Å². The highest BCUT2D eigenvalue weighted by molar-refractivity contribution is 5.81. The van der Waals surface area contributed by atoms with E-state index >= 15 is 0 Å². The molecule has 0 saturated carbocycles. The fraction of sp³-hybridized carbons (Fsp3) is 0.714. The van der Waals surface area contributed by atoms with Gasteiger partial charge in [0.25, 0.3) is 0 Å². The summed E-state index contributed by atoms with van der Waals surface area (Å²) in [5.74, 6) is -1.48. The number of nitrogens with one attached hydrogen (secondary N) is 1. The molecule has 13 heavy (non-hydrogen) atoms. The van der Waals surface area contributed by atoms with Gasteiger partial charge in [0.2, 0.25) is 5.91 Å². The molecule has 0 saturated heterocycles. The predicted molar refractivity (Wildman–Crippen MR) is 43.1 cm³/mol. The number of amides is 1. The van der Waals surface area contributed by atoms with Crippen LogP contribution < -0.4 is 5.32 Å². The lowest BCUT2D eigenvalue weighted by Gasteiger charge is -2.11. The van der Waals surface area contributed by atoms with Gasteiger partial charge in [-0.05, 0) is 12.8 Å². The first kappa shape index (κ1) is 11.9. The third kappa shape index (κ3) is 6.06. The van der Waals surface area contributed by atoms with Gasteiger partial charge in [-0.2, -0.15) is 0 Å². The molecule has 0 aromatic heterocycles. The van der Waals surface area contributed by atoms with Crippen LogP contribution in [0.2, 0.25) is 0 Å². The molecule has 1 amide bonds. The lowest BCUT2D eigenvalue weighted by atomic mass is 10.1. The summed E-state index contributed by atoms with van der Waals surface area (Å²) in [5.41, 5.74) is 0. The normalized spacial score (nSPS) is 12.2. The molecule has 1 atom stereocenters. The topological polar surface area (TPSA) is 95.9 Å². The van der Waals surface area contributed by atoms with Crippen molar-refractivity contribution in [2.45, 2.75) is 25.8 Å². The molecule has 0 fully saturated rings. The minimum absolute atomic E-state index is 0.0589. The molecule has 0 rings (SSSR count). The molecule has 0 aromatic rings. The van der Waals surface area contributed by atoms with Gasteiger partial charge in [-0.3, -0.25) is 10.1 Å². The van der Waals surface area contributed by atoms with Crippen molar-refractivity contribution in [3.05, 3.63) is 0 Å². The van der Waals surface area contributed by atoms with Gasteiger partial charge in [0, 0.05) is 6.92 Å². The molecule has 3 N–H and O–H groups in total. The van der Waals surface area contributed by atoms with E-state index in [2.05, 4.69) is 10.2 Å². The number of hydrogen-bond donors (Lipinski definition) is 3. The fourth-order valence-corrected chi connectivity index (χ4v) is 0.855. The summed E-state index contributed by atoms with van der Waals surface area (Å²) in [7, 11) is 0. The van der Waals surface area contributed by atoms with Gasteiger partial charge >= 0.3 is 5.97 Å². The molecular formula is C7H13NO5. The van der Waals surface area contributed by atoms with Crippen molar-refractivity contribution in [1.29, 1.82) is 0 Å². The van der Waals surface area contributed by atoms with E-state index in [4.69, 9.17) is 10.4 Å². The Balaban J connectivity index is 3.81. The van der Waals surface area contributed by atoms with Crippen LogP contribution >= 0.6 is 0 Å². The second-order valence-corrected chi connectivity index (χ2v) is 2.57. The van der Waals surface area contributed by atoms with Gasteiger partial charge in [0.05, 0.1) is 6.61 Å². The van der Waals surface area contributed by atoms with Crippen LogP contribution in [0, 0.1) is 0 Å². The molecule has 6 heteroatoms. The largest absolute Gasteiger partial charge is 0.480 e. The first-order valence-electron chi connectivity index (χ1n) is 3.84. The molecule has 76 valence electrons. The number of carbonyl (C=O) groups is 2. The maximum absolute atomic E-state index is 10.5. The van der Waals surface area contributed by atoms with Crippen LogP contribution in [0.25, 0.3) is 0 Å². The van der Waals surface area contributed by atoms with E-state index in [1.807, 2.05) is 0 Å². The molecule has 6 nitrogen and oxygen atoms in total. The van der Waals surface area contributed by atoms with Crippen LogP contribution in [0.3, 0.4) is 0 Å². The quantitative estimate of drug-likeness (QED) is 0.308. The number of aliphatic carboxylic acids is 1. The van der Waals surface area contributed by atoms with Gasteiger partial charge in [-0.1, -0.05) is 0 Å². The minimum atomic E-state index is -1.09. The first-order chi connectivity index (χ1) is 6.07. The number of carboxylic acid groups (broad SMARTS) is 1. The predicted octanol–water partition coefficient (Wildman–Crippen LogP) is -0.154. The molecule has 0 aliphatic heterocycles. The van der Waals surface area contributed by atoms with Gasteiger partial charge < -0.3 is 10.4 Å². The zero-order valence-electron chi connectivity index (χ0n) is 7.32. The summed E-state index contributed by atoms with van der Waals surface area (Å²) in [6.45, 7) is 1.31. The van der Waals surface area contributed by atoms with E-state index in [0.717, 1.165) is 0 Å². The Kier molecular flexibility index (Phi) is 5.82. The van der Waals surface area contributed by atoms with Crippen molar-refractivity contribution in [1.82, 2.24) is 5.32 Å². The maximum atomic E-state index is 10.5. The second kappa shape index (κ2) is 6.38. The Morgan fingerprint density at radius 1 is 1.54 bits per heavy atom. The van der Waals surface area contributed by atoms with Gasteiger partial charge in [0.1, 0.15) is 6.04 Å². The highest BCUT2D eigenvalue weighted by Crippen LogP contribution is 1.97. The van der Waals surface area contributed by atoms with Crippen molar-refractivity contribution >= 4 is 11.9 Å². The molecule has 0 heterocycles. The summed E-state index contributed by atoms with van der Waals surface area (Å²) >= 11 is 0. The Bertz CT molecular complexity index is 182. The minimum Gasteiger partial charge on any atom is -0.480 e. The van der Waals surface area contributed by atoms with Crippen molar-refractivity contribution in [3.8, 4) is 0 Å². The molecule has 0 aliphatic rings. The summed E-state index contributed by atoms with van der Waals surface area (Å²) in [5, 5.41) is 18.8. The van der Waals surface area contributed by atoms with Crippen molar-refractivity contribution in [2.75, 3.05) is 6.61 Å². The molecule has 0 aromatic carbocycles. The summed E-state index contributed by atoms with van der Waals surface area (Å²) in [6, 6.07) is -0.910. The van der Waals surface area contributed by atoms with Crippen LogP contribution in [-0.4, -0.2) is 34.9 Å². The molecular weight excluding hydrogens is 178 g/mol. The third-order valence-corrected chi connectivity index (χ3v) is 1.40. The van der Waals surface area contributed by atoms with E-state index in [9.17, 15) is 9.59 Å². The van der Waals surface area contributed by atoms with Crippen LogP contribution in [0.5, 0.6) is 0 Å². The Morgan fingerprint density at radius 3 is 2.54 bits per heavy atom. The SMILES string of the molecule is CC(=O)NC(CCCOO)C(=O)O. The lowest BCUT2D eigenvalue weighted by molar-refractivity contribution is -0.242. The number of carbonyl (C=O) groups excluding carboxylic acids is 1. The highest BCUT2D eigenvalue weighted by Gasteiger charge is 2.17. The van der Waals surface area contributed by atoms with Crippen LogP contribution in [-0.2, 0) is 14.5 Å². The monoisotopic (exact) mass is 191 g/mol. The van der Waals surface area contributed by atoms with Gasteiger partial charge in [-0.25, -0.2) is 9.68 Å². The zero-order chi connectivity index (χ0) is 10.3. The Labute approximate surface area is 75.4 Å². The van der Waals surface area contributed by atoms with E-state index in [-0.39, 0.29) is 13.0 Å².